The van der Waals surface area contributed by atoms with Crippen LogP contribution in [0.5, 0.6) is 11.5 Å². The van der Waals surface area contributed by atoms with E-state index in [1.54, 1.807) is 14.2 Å². The number of nitrogens with zero attached hydrogens (tertiary/aromatic N) is 2. The van der Waals surface area contributed by atoms with Gasteiger partial charge in [0.2, 0.25) is 5.91 Å². The number of guanidine groups is 1. The molecular weight excluding hydrogens is 528 g/mol. The molecule has 0 spiro atoms. The highest BCUT2D eigenvalue weighted by atomic mass is 127. The maximum absolute atomic E-state index is 12.6. The van der Waals surface area contributed by atoms with Crippen molar-refractivity contribution in [3.63, 3.8) is 0 Å². The van der Waals surface area contributed by atoms with Crippen molar-refractivity contribution in [1.82, 2.24) is 15.5 Å². The molecule has 2 N–H and O–H groups in total. The Morgan fingerprint density at radius 1 is 1.13 bits per heavy atom. The molecule has 0 bridgehead atoms. The molecule has 0 atom stereocenters. The van der Waals surface area contributed by atoms with Crippen LogP contribution in [0, 0.1) is 0 Å². The monoisotopic (exact) mass is 558 g/mol. The fourth-order valence-electron chi connectivity index (χ4n) is 3.24. The number of carbonyl (C=O) groups excluding carboxylic acids is 1. The highest BCUT2D eigenvalue weighted by molar-refractivity contribution is 14.0. The molecule has 1 aromatic carbocycles. The van der Waals surface area contributed by atoms with E-state index >= 15 is 0 Å². The molecule has 0 fully saturated rings. The van der Waals surface area contributed by atoms with Gasteiger partial charge < -0.3 is 25.0 Å². The van der Waals surface area contributed by atoms with Crippen molar-refractivity contribution in [1.29, 1.82) is 0 Å². The molecule has 176 valence electrons. The smallest absolute Gasteiger partial charge is 0.390 e. The van der Waals surface area contributed by atoms with Gasteiger partial charge >= 0.3 is 6.18 Å². The summed E-state index contributed by atoms with van der Waals surface area (Å²) in [5.41, 5.74) is 2.19. The van der Waals surface area contributed by atoms with Gasteiger partial charge in [-0.1, -0.05) is 0 Å². The summed E-state index contributed by atoms with van der Waals surface area (Å²) in [6.45, 7) is 1.34. The SMILES string of the molecule is CN=C(NCCCC(=O)N1CCc2cc(OC)c(OC)cc2C1)NCCC(F)(F)F.I. The zero-order valence-electron chi connectivity index (χ0n) is 18.0. The molecule has 0 unspecified atom stereocenters. The van der Waals surface area contributed by atoms with Gasteiger partial charge in [-0.15, -0.1) is 24.0 Å². The van der Waals surface area contributed by atoms with Gasteiger partial charge in [0.1, 0.15) is 0 Å². The summed E-state index contributed by atoms with van der Waals surface area (Å²) >= 11 is 0. The third-order valence-electron chi connectivity index (χ3n) is 4.86. The molecule has 1 aliphatic rings. The highest BCUT2D eigenvalue weighted by Gasteiger charge is 2.26. The first-order valence-electron chi connectivity index (χ1n) is 9.80. The van der Waals surface area contributed by atoms with Crippen LogP contribution in [-0.4, -0.2) is 63.8 Å². The molecule has 0 saturated heterocycles. The van der Waals surface area contributed by atoms with Gasteiger partial charge in [0, 0.05) is 39.6 Å². The number of aliphatic imine (C=N–C) groups is 1. The average Bonchev–Trinajstić information content (AvgIpc) is 2.72. The number of rotatable bonds is 8. The molecule has 0 radical (unpaired) electrons. The highest BCUT2D eigenvalue weighted by Crippen LogP contribution is 2.33. The number of fused-ring (bicyclic) bond motifs is 1. The van der Waals surface area contributed by atoms with Crippen LogP contribution in [0.1, 0.15) is 30.4 Å². The van der Waals surface area contributed by atoms with E-state index in [1.807, 2.05) is 17.0 Å². The fraction of sp³-hybridized carbons (Fsp3) is 0.600. The van der Waals surface area contributed by atoms with Gasteiger partial charge in [-0.05, 0) is 36.1 Å². The van der Waals surface area contributed by atoms with Crippen molar-refractivity contribution < 1.29 is 27.4 Å². The number of alkyl halides is 3. The van der Waals surface area contributed by atoms with Crippen LogP contribution >= 0.6 is 24.0 Å². The van der Waals surface area contributed by atoms with Crippen LogP contribution in [-0.2, 0) is 17.8 Å². The lowest BCUT2D eigenvalue weighted by Crippen LogP contribution is -2.40. The maximum Gasteiger partial charge on any atom is 0.390 e. The molecule has 1 aromatic rings. The maximum atomic E-state index is 12.6. The standard InChI is InChI=1S/C20H29F3N4O3.HI/c1-24-19(26-9-7-20(21,22)23)25-8-4-5-18(28)27-10-6-14-11-16(29-2)17(30-3)12-15(14)13-27;/h11-12H,4-10,13H2,1-3H3,(H2,24,25,26);1H. The molecule has 1 amide bonds. The third-order valence-corrected chi connectivity index (χ3v) is 4.86. The van der Waals surface area contributed by atoms with E-state index in [0.29, 0.717) is 49.9 Å². The molecule has 1 heterocycles. The normalized spacial score (nSPS) is 13.7. The predicted molar refractivity (Wildman–Crippen MR) is 123 cm³/mol. The largest absolute Gasteiger partial charge is 0.493 e. The fourth-order valence-corrected chi connectivity index (χ4v) is 3.24. The zero-order valence-corrected chi connectivity index (χ0v) is 20.3. The van der Waals surface area contributed by atoms with Gasteiger partial charge in [-0.2, -0.15) is 13.2 Å². The number of ether oxygens (including phenoxy) is 2. The number of amides is 1. The number of hydrogen-bond acceptors (Lipinski definition) is 4. The Morgan fingerprint density at radius 3 is 2.32 bits per heavy atom. The van der Waals surface area contributed by atoms with Crippen LogP contribution in [0.3, 0.4) is 0 Å². The minimum Gasteiger partial charge on any atom is -0.493 e. The van der Waals surface area contributed by atoms with Crippen LogP contribution in [0.15, 0.2) is 17.1 Å². The topological polar surface area (TPSA) is 75.2 Å². The summed E-state index contributed by atoms with van der Waals surface area (Å²) in [5, 5.41) is 5.54. The van der Waals surface area contributed by atoms with Crippen molar-refractivity contribution >= 4 is 35.8 Å². The molecule has 0 aliphatic carbocycles. The molecule has 1 aliphatic heterocycles. The van der Waals surface area contributed by atoms with Crippen molar-refractivity contribution in [3.05, 3.63) is 23.3 Å². The average molecular weight is 558 g/mol. The van der Waals surface area contributed by atoms with Crippen molar-refractivity contribution in [2.75, 3.05) is 40.9 Å². The van der Waals surface area contributed by atoms with E-state index in [2.05, 4.69) is 15.6 Å². The molecule has 11 heteroatoms. The number of carbonyl (C=O) groups is 1. The Hall–Kier alpha value is -1.92. The summed E-state index contributed by atoms with van der Waals surface area (Å²) < 4.78 is 47.3. The number of methoxy groups -OCH3 is 2. The van der Waals surface area contributed by atoms with Gasteiger partial charge in [-0.25, -0.2) is 0 Å². The summed E-state index contributed by atoms with van der Waals surface area (Å²) in [4.78, 5) is 18.2. The van der Waals surface area contributed by atoms with Crippen LogP contribution in [0.25, 0.3) is 0 Å². The first-order chi connectivity index (χ1) is 14.3. The minimum absolute atomic E-state index is 0. The Bertz CT molecular complexity index is 760. The minimum atomic E-state index is -4.21. The lowest BCUT2D eigenvalue weighted by Gasteiger charge is -2.29. The summed E-state index contributed by atoms with van der Waals surface area (Å²) in [6.07, 6.45) is -3.50. The van der Waals surface area contributed by atoms with Gasteiger partial charge in [0.05, 0.1) is 20.6 Å². The van der Waals surface area contributed by atoms with Crippen LogP contribution in [0.4, 0.5) is 13.2 Å². The Balaban J connectivity index is 0.00000480. The summed E-state index contributed by atoms with van der Waals surface area (Å²) in [7, 11) is 4.66. The van der Waals surface area contributed by atoms with Crippen LogP contribution in [0.2, 0.25) is 0 Å². The Morgan fingerprint density at radius 2 is 1.74 bits per heavy atom. The van der Waals surface area contributed by atoms with E-state index in [-0.39, 0.29) is 36.4 Å². The van der Waals surface area contributed by atoms with Crippen LogP contribution < -0.4 is 20.1 Å². The van der Waals surface area contributed by atoms with Crippen molar-refractivity contribution in [3.8, 4) is 11.5 Å². The predicted octanol–water partition coefficient (Wildman–Crippen LogP) is 3.10. The number of benzene rings is 1. The Kier molecular flexibility index (Phi) is 11.2. The molecule has 2 rings (SSSR count). The van der Waals surface area contributed by atoms with Gasteiger partial charge in [0.15, 0.2) is 17.5 Å². The van der Waals surface area contributed by atoms with E-state index < -0.39 is 12.6 Å². The molecule has 31 heavy (non-hydrogen) atoms. The number of halogens is 4. The van der Waals surface area contributed by atoms with Crippen molar-refractivity contribution in [2.24, 2.45) is 4.99 Å². The second-order valence-corrected chi connectivity index (χ2v) is 6.94. The Labute approximate surface area is 197 Å². The first-order valence-corrected chi connectivity index (χ1v) is 9.80. The summed E-state index contributed by atoms with van der Waals surface area (Å²) in [5.74, 6) is 1.65. The number of nitrogens with one attached hydrogen (secondary N) is 2. The lowest BCUT2D eigenvalue weighted by molar-refractivity contribution is -0.133. The third kappa shape index (κ3) is 8.62. The molecule has 0 saturated carbocycles. The molecule has 7 nitrogen and oxygen atoms in total. The summed E-state index contributed by atoms with van der Waals surface area (Å²) in [6, 6.07) is 3.86. The molecule has 0 aromatic heterocycles. The zero-order chi connectivity index (χ0) is 22.1. The number of hydrogen-bond donors (Lipinski definition) is 2. The van der Waals surface area contributed by atoms with E-state index in [9.17, 15) is 18.0 Å². The second kappa shape index (κ2) is 12.8. The quantitative estimate of drug-likeness (QED) is 0.222. The lowest BCUT2D eigenvalue weighted by atomic mass is 9.98. The molecular formula is C20H30F3IN4O3. The van der Waals surface area contributed by atoms with E-state index in [1.165, 1.54) is 7.05 Å². The van der Waals surface area contributed by atoms with Crippen molar-refractivity contribution in [2.45, 2.75) is 38.4 Å². The van der Waals surface area contributed by atoms with Gasteiger partial charge in [-0.3, -0.25) is 9.79 Å². The van der Waals surface area contributed by atoms with Gasteiger partial charge in [0.25, 0.3) is 0 Å². The van der Waals surface area contributed by atoms with E-state index in [4.69, 9.17) is 9.47 Å². The first kappa shape index (κ1) is 27.1. The second-order valence-electron chi connectivity index (χ2n) is 6.94. The van der Waals surface area contributed by atoms with E-state index in [0.717, 1.165) is 17.5 Å².